The van der Waals surface area contributed by atoms with Gasteiger partial charge in [-0.05, 0) is 19.1 Å². The van der Waals surface area contributed by atoms with Gasteiger partial charge in [-0.25, -0.2) is 4.68 Å². The third-order valence-corrected chi connectivity index (χ3v) is 3.33. The summed E-state index contributed by atoms with van der Waals surface area (Å²) in [5.41, 5.74) is 1.24. The van der Waals surface area contributed by atoms with Crippen molar-refractivity contribution >= 4 is 11.9 Å². The summed E-state index contributed by atoms with van der Waals surface area (Å²) >= 11 is 0. The first-order valence-electron chi connectivity index (χ1n) is 6.65. The fourth-order valence-electron chi connectivity index (χ4n) is 2.45. The van der Waals surface area contributed by atoms with Crippen molar-refractivity contribution < 1.29 is 9.53 Å². The molecular weight excluding hydrogens is 270 g/mol. The Labute approximate surface area is 121 Å². The van der Waals surface area contributed by atoms with E-state index in [1.54, 1.807) is 17.8 Å². The third-order valence-electron chi connectivity index (χ3n) is 3.33. The van der Waals surface area contributed by atoms with E-state index in [1.165, 1.54) is 6.33 Å². The van der Waals surface area contributed by atoms with Gasteiger partial charge in [-0.3, -0.25) is 9.78 Å². The lowest BCUT2D eigenvalue weighted by molar-refractivity contribution is -0.147. The molecule has 1 N–H and O–H groups in total. The SMILES string of the molecule is C=C1Nc2ncnn2C(c2ccccn2)C1C(=O)OCC. The number of rotatable bonds is 3. The molecule has 2 aromatic rings. The summed E-state index contributed by atoms with van der Waals surface area (Å²) in [6, 6.07) is 5.12. The molecule has 0 amide bonds. The highest BCUT2D eigenvalue weighted by Gasteiger charge is 2.41. The molecular formula is C14H15N5O2. The van der Waals surface area contributed by atoms with Crippen LogP contribution in [0.5, 0.6) is 0 Å². The van der Waals surface area contributed by atoms with Crippen LogP contribution in [0.15, 0.2) is 43.0 Å². The van der Waals surface area contributed by atoms with Crippen LogP contribution in [0, 0.1) is 5.92 Å². The maximum atomic E-state index is 12.3. The van der Waals surface area contributed by atoms with Crippen molar-refractivity contribution in [1.82, 2.24) is 19.7 Å². The normalized spacial score (nSPS) is 20.5. The predicted molar refractivity (Wildman–Crippen MR) is 75.3 cm³/mol. The minimum absolute atomic E-state index is 0.307. The molecule has 3 heterocycles. The molecule has 21 heavy (non-hydrogen) atoms. The molecule has 0 aliphatic carbocycles. The number of anilines is 1. The van der Waals surface area contributed by atoms with Gasteiger partial charge in [0.2, 0.25) is 5.95 Å². The van der Waals surface area contributed by atoms with Gasteiger partial charge in [0, 0.05) is 11.9 Å². The van der Waals surface area contributed by atoms with Gasteiger partial charge >= 0.3 is 5.97 Å². The number of esters is 1. The number of ether oxygens (including phenoxy) is 1. The van der Waals surface area contributed by atoms with Gasteiger partial charge in [-0.15, -0.1) is 0 Å². The van der Waals surface area contributed by atoms with E-state index in [2.05, 4.69) is 27.0 Å². The van der Waals surface area contributed by atoms with Crippen molar-refractivity contribution in [3.63, 3.8) is 0 Å². The average molecular weight is 285 g/mol. The molecule has 3 rings (SSSR count). The van der Waals surface area contributed by atoms with Crippen LogP contribution in [-0.2, 0) is 9.53 Å². The summed E-state index contributed by atoms with van der Waals surface area (Å²) < 4.78 is 6.80. The van der Waals surface area contributed by atoms with Crippen LogP contribution >= 0.6 is 0 Å². The number of nitrogens with one attached hydrogen (secondary N) is 1. The number of carbonyl (C=O) groups excluding carboxylic acids is 1. The maximum absolute atomic E-state index is 12.3. The summed E-state index contributed by atoms with van der Waals surface area (Å²) in [6.07, 6.45) is 3.11. The Morgan fingerprint density at radius 3 is 3.05 bits per heavy atom. The van der Waals surface area contributed by atoms with Crippen molar-refractivity contribution in [2.75, 3.05) is 11.9 Å². The van der Waals surface area contributed by atoms with E-state index in [-0.39, 0.29) is 5.97 Å². The fraction of sp³-hybridized carbons (Fsp3) is 0.286. The van der Waals surface area contributed by atoms with Crippen molar-refractivity contribution in [2.45, 2.75) is 13.0 Å². The van der Waals surface area contributed by atoms with Crippen LogP contribution in [0.2, 0.25) is 0 Å². The number of hydrogen-bond donors (Lipinski definition) is 1. The van der Waals surface area contributed by atoms with Gasteiger partial charge in [0.25, 0.3) is 0 Å². The number of aromatic nitrogens is 4. The zero-order chi connectivity index (χ0) is 14.8. The first kappa shape index (κ1) is 13.3. The van der Waals surface area contributed by atoms with E-state index in [1.807, 2.05) is 18.2 Å². The molecule has 0 aromatic carbocycles. The molecule has 2 unspecified atom stereocenters. The summed E-state index contributed by atoms with van der Waals surface area (Å²) in [4.78, 5) is 20.8. The average Bonchev–Trinajstić information content (AvgIpc) is 2.94. The highest BCUT2D eigenvalue weighted by atomic mass is 16.5. The summed E-state index contributed by atoms with van der Waals surface area (Å²) in [5.74, 6) is -0.419. The minimum Gasteiger partial charge on any atom is -0.465 e. The molecule has 2 aromatic heterocycles. The van der Waals surface area contributed by atoms with E-state index in [9.17, 15) is 4.79 Å². The van der Waals surface area contributed by atoms with E-state index in [4.69, 9.17) is 4.74 Å². The molecule has 0 spiro atoms. The van der Waals surface area contributed by atoms with E-state index >= 15 is 0 Å². The van der Waals surface area contributed by atoms with Crippen LogP contribution in [-0.4, -0.2) is 32.3 Å². The Morgan fingerprint density at radius 2 is 2.33 bits per heavy atom. The number of pyridine rings is 1. The van der Waals surface area contributed by atoms with Crippen LogP contribution in [0.4, 0.5) is 5.95 Å². The fourth-order valence-corrected chi connectivity index (χ4v) is 2.45. The smallest absolute Gasteiger partial charge is 0.317 e. The Morgan fingerprint density at radius 1 is 1.48 bits per heavy atom. The Kier molecular flexibility index (Phi) is 3.39. The van der Waals surface area contributed by atoms with Gasteiger partial charge in [-0.1, -0.05) is 12.6 Å². The lowest BCUT2D eigenvalue weighted by atomic mass is 9.92. The minimum atomic E-state index is -0.603. The molecule has 0 fully saturated rings. The first-order chi connectivity index (χ1) is 10.2. The standard InChI is InChI=1S/C14H15N5O2/c1-3-21-13(20)11-9(2)18-14-16-8-17-19(14)12(11)10-6-4-5-7-15-10/h4-8,11-12H,2-3H2,1H3,(H,16,17,18). The van der Waals surface area contributed by atoms with Gasteiger partial charge in [0.15, 0.2) is 0 Å². The summed E-state index contributed by atoms with van der Waals surface area (Å²) in [6.45, 7) is 6.01. The van der Waals surface area contributed by atoms with E-state index in [0.717, 1.165) is 0 Å². The monoisotopic (exact) mass is 285 g/mol. The third kappa shape index (κ3) is 2.26. The molecule has 0 saturated heterocycles. The molecule has 2 atom stereocenters. The van der Waals surface area contributed by atoms with Crippen LogP contribution < -0.4 is 5.32 Å². The number of carbonyl (C=O) groups is 1. The summed E-state index contributed by atoms with van der Waals surface area (Å²) in [7, 11) is 0. The molecule has 1 aliphatic heterocycles. The molecule has 0 radical (unpaired) electrons. The van der Waals surface area contributed by atoms with Crippen molar-refractivity contribution in [3.8, 4) is 0 Å². The second-order valence-corrected chi connectivity index (χ2v) is 4.61. The van der Waals surface area contributed by atoms with Gasteiger partial charge in [0.1, 0.15) is 18.3 Å². The quantitative estimate of drug-likeness (QED) is 0.858. The van der Waals surface area contributed by atoms with E-state index < -0.39 is 12.0 Å². The molecule has 7 heteroatoms. The lowest BCUT2D eigenvalue weighted by Crippen LogP contribution is -2.38. The van der Waals surface area contributed by atoms with Gasteiger partial charge < -0.3 is 10.1 Å². The molecule has 1 aliphatic rings. The molecule has 0 bridgehead atoms. The predicted octanol–water partition coefficient (Wildman–Crippen LogP) is 1.38. The van der Waals surface area contributed by atoms with Crippen LogP contribution in [0.1, 0.15) is 18.7 Å². The first-order valence-corrected chi connectivity index (χ1v) is 6.65. The van der Waals surface area contributed by atoms with E-state index in [0.29, 0.717) is 23.9 Å². The Bertz CT molecular complexity index is 667. The zero-order valence-corrected chi connectivity index (χ0v) is 11.6. The number of fused-ring (bicyclic) bond motifs is 1. The molecule has 7 nitrogen and oxygen atoms in total. The maximum Gasteiger partial charge on any atom is 0.317 e. The van der Waals surface area contributed by atoms with Crippen molar-refractivity contribution in [2.24, 2.45) is 5.92 Å². The highest BCUT2D eigenvalue weighted by Crippen LogP contribution is 2.36. The second-order valence-electron chi connectivity index (χ2n) is 4.61. The Hall–Kier alpha value is -2.70. The highest BCUT2D eigenvalue weighted by molar-refractivity contribution is 5.78. The molecule has 0 saturated carbocycles. The van der Waals surface area contributed by atoms with Gasteiger partial charge in [-0.2, -0.15) is 10.1 Å². The largest absolute Gasteiger partial charge is 0.465 e. The summed E-state index contributed by atoms with van der Waals surface area (Å²) in [5, 5.41) is 7.19. The Balaban J connectivity index is 2.09. The van der Waals surface area contributed by atoms with Crippen molar-refractivity contribution in [3.05, 3.63) is 48.7 Å². The second kappa shape index (κ2) is 5.35. The van der Waals surface area contributed by atoms with Crippen LogP contribution in [0.3, 0.4) is 0 Å². The number of hydrogen-bond acceptors (Lipinski definition) is 6. The lowest BCUT2D eigenvalue weighted by Gasteiger charge is -2.32. The molecule has 108 valence electrons. The van der Waals surface area contributed by atoms with Gasteiger partial charge in [0.05, 0.1) is 12.3 Å². The van der Waals surface area contributed by atoms with Crippen molar-refractivity contribution in [1.29, 1.82) is 0 Å². The van der Waals surface area contributed by atoms with Crippen LogP contribution in [0.25, 0.3) is 0 Å². The number of nitrogens with zero attached hydrogens (tertiary/aromatic N) is 4. The topological polar surface area (TPSA) is 81.9 Å². The zero-order valence-electron chi connectivity index (χ0n) is 11.6.